The minimum absolute atomic E-state index is 0.0833. The predicted octanol–water partition coefficient (Wildman–Crippen LogP) is 2.36. The van der Waals surface area contributed by atoms with Gasteiger partial charge in [0.2, 0.25) is 12.1 Å². The number of carbonyl (C=O) groups excluding carboxylic acids is 1. The Bertz CT molecular complexity index is 594. The van der Waals surface area contributed by atoms with E-state index in [1.807, 2.05) is 13.8 Å². The summed E-state index contributed by atoms with van der Waals surface area (Å²) >= 11 is 0. The first-order valence-electron chi connectivity index (χ1n) is 9.45. The van der Waals surface area contributed by atoms with Crippen LogP contribution in [0.2, 0.25) is 0 Å². The van der Waals surface area contributed by atoms with E-state index in [0.717, 1.165) is 32.1 Å². The molecule has 1 N–H and O–H groups in total. The van der Waals surface area contributed by atoms with Crippen LogP contribution in [0.4, 0.5) is 0 Å². The molecule has 26 heavy (non-hydrogen) atoms. The molecule has 0 radical (unpaired) electrons. The zero-order valence-corrected chi connectivity index (χ0v) is 15.1. The average molecular weight is 370 g/mol. The number of ether oxygens (including phenoxy) is 3. The maximum absolute atomic E-state index is 12.0. The summed E-state index contributed by atoms with van der Waals surface area (Å²) in [5.74, 6) is -2.21. The lowest BCUT2D eigenvalue weighted by atomic mass is 9.61. The fourth-order valence-electron chi connectivity index (χ4n) is 5.06. The summed E-state index contributed by atoms with van der Waals surface area (Å²) in [6.45, 7) is 3.82. The molecule has 2 bridgehead atoms. The zero-order chi connectivity index (χ0) is 18.5. The molecule has 5 fully saturated rings. The topological polar surface area (TPSA) is 101 Å². The standard InChI is InChI=1S/C18H26O8/c1-10-12-5-3-4-11-8-9-17(2)24-16(18(11,12)26-25-17)23-15(10)22-14(21)7-6-13(19)20/h10-12,15-16H,3-9H2,1-2H3,(H,19,20)/t10-,11?,12?,15+,16-,17+,18-/m1/s1. The van der Waals surface area contributed by atoms with E-state index in [1.54, 1.807) is 0 Å². The first-order valence-corrected chi connectivity index (χ1v) is 9.45. The van der Waals surface area contributed by atoms with E-state index in [-0.39, 0.29) is 30.6 Å². The smallest absolute Gasteiger partial charge is 0.308 e. The van der Waals surface area contributed by atoms with Crippen LogP contribution in [-0.4, -0.2) is 41.0 Å². The molecule has 0 aromatic heterocycles. The van der Waals surface area contributed by atoms with Crippen molar-refractivity contribution in [2.45, 2.75) is 82.8 Å². The van der Waals surface area contributed by atoms with E-state index in [9.17, 15) is 9.59 Å². The van der Waals surface area contributed by atoms with Crippen molar-refractivity contribution in [3.05, 3.63) is 0 Å². The SMILES string of the molecule is C[C@@H]1C2CCCC3CC[C@]4(C)OO[C@]32[C@H](O[C@@H]1OC(=O)CCC(=O)O)O4. The molecular weight excluding hydrogens is 344 g/mol. The van der Waals surface area contributed by atoms with Crippen LogP contribution in [0, 0.1) is 17.8 Å². The number of esters is 1. The van der Waals surface area contributed by atoms with Crippen LogP contribution in [0.1, 0.15) is 58.8 Å². The zero-order valence-electron chi connectivity index (χ0n) is 15.1. The van der Waals surface area contributed by atoms with E-state index < -0.39 is 35.9 Å². The van der Waals surface area contributed by atoms with Gasteiger partial charge in [-0.3, -0.25) is 9.59 Å². The van der Waals surface area contributed by atoms with E-state index in [1.165, 1.54) is 0 Å². The van der Waals surface area contributed by atoms with Crippen LogP contribution in [-0.2, 0) is 33.6 Å². The quantitative estimate of drug-likeness (QED) is 0.594. The molecule has 4 saturated heterocycles. The Morgan fingerprint density at radius 1 is 1.19 bits per heavy atom. The minimum Gasteiger partial charge on any atom is -0.481 e. The fourth-order valence-corrected chi connectivity index (χ4v) is 5.06. The molecule has 5 rings (SSSR count). The number of carbonyl (C=O) groups is 2. The lowest BCUT2D eigenvalue weighted by molar-refractivity contribution is -0.575. The van der Waals surface area contributed by atoms with E-state index in [2.05, 4.69) is 0 Å². The molecule has 146 valence electrons. The summed E-state index contributed by atoms with van der Waals surface area (Å²) in [6.07, 6.45) is 2.84. The predicted molar refractivity (Wildman–Crippen MR) is 85.2 cm³/mol. The fraction of sp³-hybridized carbons (Fsp3) is 0.889. The Kier molecular flexibility index (Phi) is 4.50. The first kappa shape index (κ1) is 18.2. The molecule has 1 spiro atoms. The largest absolute Gasteiger partial charge is 0.481 e. The van der Waals surface area contributed by atoms with Crippen LogP contribution in [0.5, 0.6) is 0 Å². The maximum atomic E-state index is 12.0. The second kappa shape index (κ2) is 6.44. The Hall–Kier alpha value is -1.22. The van der Waals surface area contributed by atoms with E-state index in [4.69, 9.17) is 29.1 Å². The van der Waals surface area contributed by atoms with Gasteiger partial charge >= 0.3 is 11.9 Å². The van der Waals surface area contributed by atoms with Crippen LogP contribution >= 0.6 is 0 Å². The van der Waals surface area contributed by atoms with Crippen molar-refractivity contribution in [3.8, 4) is 0 Å². The van der Waals surface area contributed by atoms with Gasteiger partial charge in [0.05, 0.1) is 12.8 Å². The molecule has 1 aliphatic carbocycles. The number of carboxylic acid groups (broad SMARTS) is 1. The van der Waals surface area contributed by atoms with Crippen molar-refractivity contribution in [2.24, 2.45) is 17.8 Å². The summed E-state index contributed by atoms with van der Waals surface area (Å²) in [6, 6.07) is 0. The highest BCUT2D eigenvalue weighted by atomic mass is 17.3. The maximum Gasteiger partial charge on any atom is 0.308 e. The van der Waals surface area contributed by atoms with E-state index in [0.29, 0.717) is 0 Å². The number of aliphatic carboxylic acids is 1. The van der Waals surface area contributed by atoms with Crippen molar-refractivity contribution in [3.63, 3.8) is 0 Å². The van der Waals surface area contributed by atoms with Crippen molar-refractivity contribution in [1.82, 2.24) is 0 Å². The third kappa shape index (κ3) is 2.83. The molecule has 0 aromatic rings. The van der Waals surface area contributed by atoms with Crippen LogP contribution in [0.15, 0.2) is 0 Å². The lowest BCUT2D eigenvalue weighted by Crippen LogP contribution is -2.69. The second-order valence-corrected chi connectivity index (χ2v) is 8.12. The highest BCUT2D eigenvalue weighted by Gasteiger charge is 2.68. The van der Waals surface area contributed by atoms with Crippen LogP contribution in [0.25, 0.3) is 0 Å². The number of rotatable bonds is 4. The highest BCUT2D eigenvalue weighted by Crippen LogP contribution is 2.59. The van der Waals surface area contributed by atoms with Crippen molar-refractivity contribution < 1.29 is 38.7 Å². The molecule has 5 aliphatic rings. The molecular formula is C18H26O8. The third-order valence-corrected chi connectivity index (χ3v) is 6.43. The summed E-state index contributed by atoms with van der Waals surface area (Å²) in [4.78, 5) is 34.3. The highest BCUT2D eigenvalue weighted by molar-refractivity contribution is 5.76. The van der Waals surface area contributed by atoms with Gasteiger partial charge in [0, 0.05) is 18.3 Å². The Morgan fingerprint density at radius 3 is 2.77 bits per heavy atom. The number of hydrogen-bond donors (Lipinski definition) is 1. The van der Waals surface area contributed by atoms with Gasteiger partial charge in [0.1, 0.15) is 0 Å². The second-order valence-electron chi connectivity index (χ2n) is 8.12. The molecule has 4 heterocycles. The summed E-state index contributed by atoms with van der Waals surface area (Å²) in [5, 5.41) is 8.73. The number of carboxylic acids is 1. The van der Waals surface area contributed by atoms with Crippen LogP contribution < -0.4 is 0 Å². The van der Waals surface area contributed by atoms with Gasteiger partial charge < -0.3 is 19.3 Å². The van der Waals surface area contributed by atoms with Gasteiger partial charge in [-0.2, -0.15) is 0 Å². The molecule has 0 aromatic carbocycles. The molecule has 1 saturated carbocycles. The Labute approximate surface area is 152 Å². The van der Waals surface area contributed by atoms with Gasteiger partial charge in [0.15, 0.2) is 11.9 Å². The van der Waals surface area contributed by atoms with Crippen molar-refractivity contribution >= 4 is 11.9 Å². The van der Waals surface area contributed by atoms with Crippen molar-refractivity contribution in [1.29, 1.82) is 0 Å². The minimum atomic E-state index is -1.03. The molecule has 2 unspecified atom stereocenters. The van der Waals surface area contributed by atoms with E-state index >= 15 is 0 Å². The van der Waals surface area contributed by atoms with Crippen LogP contribution in [0.3, 0.4) is 0 Å². The number of fused-ring (bicyclic) bond motifs is 2. The molecule has 8 nitrogen and oxygen atoms in total. The van der Waals surface area contributed by atoms with Gasteiger partial charge in [-0.15, -0.1) is 0 Å². The lowest BCUT2D eigenvalue weighted by Gasteiger charge is -2.58. The molecule has 0 amide bonds. The Balaban J connectivity index is 1.56. The summed E-state index contributed by atoms with van der Waals surface area (Å²) < 4.78 is 17.7. The molecule has 8 heteroatoms. The van der Waals surface area contributed by atoms with Crippen molar-refractivity contribution in [2.75, 3.05) is 0 Å². The summed E-state index contributed by atoms with van der Waals surface area (Å²) in [5.41, 5.74) is -0.669. The summed E-state index contributed by atoms with van der Waals surface area (Å²) in [7, 11) is 0. The normalized spacial score (nSPS) is 46.9. The Morgan fingerprint density at radius 2 is 2.00 bits per heavy atom. The monoisotopic (exact) mass is 370 g/mol. The first-order chi connectivity index (χ1) is 12.3. The van der Waals surface area contributed by atoms with Gasteiger partial charge in [-0.25, -0.2) is 9.78 Å². The third-order valence-electron chi connectivity index (χ3n) is 6.43. The number of hydrogen-bond acceptors (Lipinski definition) is 7. The average Bonchev–Trinajstić information content (AvgIpc) is 2.82. The van der Waals surface area contributed by atoms with Gasteiger partial charge in [-0.1, -0.05) is 13.3 Å². The van der Waals surface area contributed by atoms with Gasteiger partial charge in [0.25, 0.3) is 0 Å². The molecule has 7 atom stereocenters. The molecule has 4 aliphatic heterocycles. The van der Waals surface area contributed by atoms with Gasteiger partial charge in [-0.05, 0) is 32.1 Å².